The summed E-state index contributed by atoms with van der Waals surface area (Å²) in [6.07, 6.45) is 1.52. The molecule has 3 N–H and O–H groups in total. The molecule has 0 aliphatic carbocycles. The molecule has 0 aromatic carbocycles. The largest absolute Gasteiger partial charge is 0.379 e. The first-order valence-corrected chi connectivity index (χ1v) is 4.92. The normalized spacial score (nSPS) is 33.5. The van der Waals surface area contributed by atoms with Gasteiger partial charge in [-0.3, -0.25) is 10.7 Å². The lowest BCUT2D eigenvalue weighted by Crippen LogP contribution is -2.61. The summed E-state index contributed by atoms with van der Waals surface area (Å²) in [6.45, 7) is 5.57. The van der Waals surface area contributed by atoms with Gasteiger partial charge in [0, 0.05) is 13.1 Å². The van der Waals surface area contributed by atoms with Gasteiger partial charge in [-0.2, -0.15) is 0 Å². The van der Waals surface area contributed by atoms with Gasteiger partial charge in [0.1, 0.15) is 0 Å². The molecule has 13 heavy (non-hydrogen) atoms. The van der Waals surface area contributed by atoms with E-state index in [0.717, 1.165) is 45.9 Å². The molecule has 2 aliphatic rings. The van der Waals surface area contributed by atoms with Gasteiger partial charge in [0.2, 0.25) is 0 Å². The summed E-state index contributed by atoms with van der Waals surface area (Å²) in [4.78, 5) is 2.41. The highest BCUT2D eigenvalue weighted by atomic mass is 16.5. The molecule has 2 heterocycles. The molecule has 2 saturated heterocycles. The van der Waals surface area contributed by atoms with Crippen LogP contribution in [0.1, 0.15) is 6.42 Å². The van der Waals surface area contributed by atoms with Crippen molar-refractivity contribution < 1.29 is 4.74 Å². The molecule has 2 rings (SSSR count). The number of rotatable bonds is 1. The Bertz CT molecular complexity index is 160. The number of nitrogens with two attached hydrogens (primary N) is 1. The van der Waals surface area contributed by atoms with Crippen LogP contribution in [0.5, 0.6) is 0 Å². The summed E-state index contributed by atoms with van der Waals surface area (Å²) in [5, 5.41) is 5.13. The number of ether oxygens (including phenoxy) is 1. The second-order valence-corrected chi connectivity index (χ2v) is 3.59. The van der Waals surface area contributed by atoms with Crippen molar-refractivity contribution >= 4 is 0 Å². The summed E-state index contributed by atoms with van der Waals surface area (Å²) >= 11 is 0. The van der Waals surface area contributed by atoms with Crippen molar-refractivity contribution in [2.75, 3.05) is 39.5 Å². The molecule has 0 aromatic rings. The molecule has 0 spiro atoms. The van der Waals surface area contributed by atoms with E-state index in [4.69, 9.17) is 10.6 Å². The summed E-state index contributed by atoms with van der Waals surface area (Å²) in [6, 6.07) is 0. The van der Waals surface area contributed by atoms with E-state index in [-0.39, 0.29) is 0 Å². The van der Waals surface area contributed by atoms with Crippen LogP contribution in [0.3, 0.4) is 0 Å². The second-order valence-electron chi connectivity index (χ2n) is 3.59. The molecule has 0 saturated carbocycles. The maximum absolute atomic E-state index is 5.90. The Morgan fingerprint density at radius 2 is 2.08 bits per heavy atom. The molecule has 0 aromatic heterocycles. The van der Waals surface area contributed by atoms with E-state index in [1.54, 1.807) is 0 Å². The SMILES string of the molecule is NN1CNCCC1N1CCOCC1. The zero-order chi connectivity index (χ0) is 9.10. The van der Waals surface area contributed by atoms with Gasteiger partial charge in [-0.25, -0.2) is 5.01 Å². The minimum absolute atomic E-state index is 0.408. The lowest BCUT2D eigenvalue weighted by molar-refractivity contribution is -0.0496. The van der Waals surface area contributed by atoms with E-state index < -0.39 is 0 Å². The molecule has 1 atom stereocenters. The van der Waals surface area contributed by atoms with Crippen LogP contribution in [0.2, 0.25) is 0 Å². The van der Waals surface area contributed by atoms with Crippen LogP contribution in [0.25, 0.3) is 0 Å². The predicted octanol–water partition coefficient (Wildman–Crippen LogP) is -1.23. The summed E-state index contributed by atoms with van der Waals surface area (Å²) < 4.78 is 5.31. The van der Waals surface area contributed by atoms with Crippen molar-refractivity contribution in [3.8, 4) is 0 Å². The van der Waals surface area contributed by atoms with Crippen LogP contribution in [0.4, 0.5) is 0 Å². The van der Waals surface area contributed by atoms with E-state index in [0.29, 0.717) is 6.17 Å². The molecular formula is C8H18N4O. The van der Waals surface area contributed by atoms with Crippen molar-refractivity contribution in [2.45, 2.75) is 12.6 Å². The standard InChI is InChI=1S/C8H18N4O/c9-12-7-10-2-1-8(12)11-3-5-13-6-4-11/h8,10H,1-7,9H2. The zero-order valence-corrected chi connectivity index (χ0v) is 7.91. The fourth-order valence-corrected chi connectivity index (χ4v) is 1.98. The highest BCUT2D eigenvalue weighted by Crippen LogP contribution is 2.11. The average Bonchev–Trinajstić information content (AvgIpc) is 2.20. The minimum Gasteiger partial charge on any atom is -0.379 e. The number of hydrogen-bond donors (Lipinski definition) is 2. The van der Waals surface area contributed by atoms with Crippen LogP contribution < -0.4 is 11.2 Å². The van der Waals surface area contributed by atoms with Crippen molar-refractivity contribution in [1.82, 2.24) is 15.2 Å². The predicted molar refractivity (Wildman–Crippen MR) is 49.7 cm³/mol. The van der Waals surface area contributed by atoms with Crippen LogP contribution in [-0.2, 0) is 4.74 Å². The maximum atomic E-state index is 5.90. The van der Waals surface area contributed by atoms with Crippen LogP contribution in [-0.4, -0.2) is 55.6 Å². The van der Waals surface area contributed by atoms with Gasteiger partial charge >= 0.3 is 0 Å². The number of hydrogen-bond acceptors (Lipinski definition) is 5. The Balaban J connectivity index is 1.88. The van der Waals surface area contributed by atoms with E-state index in [2.05, 4.69) is 10.2 Å². The van der Waals surface area contributed by atoms with Gasteiger partial charge in [0.15, 0.2) is 0 Å². The summed E-state index contributed by atoms with van der Waals surface area (Å²) in [5.41, 5.74) is 0. The van der Waals surface area contributed by atoms with Gasteiger partial charge < -0.3 is 10.1 Å². The molecule has 0 bridgehead atoms. The number of hydrazine groups is 1. The third kappa shape index (κ3) is 2.18. The number of morpholine rings is 1. The second kappa shape index (κ2) is 4.34. The van der Waals surface area contributed by atoms with Crippen LogP contribution in [0.15, 0.2) is 0 Å². The fourth-order valence-electron chi connectivity index (χ4n) is 1.98. The molecule has 5 nitrogen and oxygen atoms in total. The van der Waals surface area contributed by atoms with Crippen LogP contribution >= 0.6 is 0 Å². The van der Waals surface area contributed by atoms with Gasteiger partial charge in [0.05, 0.1) is 26.0 Å². The molecule has 0 amide bonds. The Morgan fingerprint density at radius 1 is 1.31 bits per heavy atom. The van der Waals surface area contributed by atoms with E-state index in [1.165, 1.54) is 0 Å². The minimum atomic E-state index is 0.408. The van der Waals surface area contributed by atoms with E-state index in [9.17, 15) is 0 Å². The highest BCUT2D eigenvalue weighted by Gasteiger charge is 2.26. The van der Waals surface area contributed by atoms with Crippen LogP contribution in [0, 0.1) is 0 Å². The third-order valence-electron chi connectivity index (χ3n) is 2.72. The van der Waals surface area contributed by atoms with E-state index >= 15 is 0 Å². The summed E-state index contributed by atoms with van der Waals surface area (Å²) in [5.74, 6) is 5.90. The Morgan fingerprint density at radius 3 is 2.77 bits per heavy atom. The molecule has 0 radical (unpaired) electrons. The molecule has 2 aliphatic heterocycles. The Labute approximate surface area is 78.8 Å². The number of nitrogens with one attached hydrogen (secondary N) is 1. The first-order chi connectivity index (χ1) is 6.38. The highest BCUT2D eigenvalue weighted by molar-refractivity contribution is 4.76. The molecule has 1 unspecified atom stereocenters. The average molecular weight is 186 g/mol. The molecule has 2 fully saturated rings. The topological polar surface area (TPSA) is 53.8 Å². The van der Waals surface area contributed by atoms with Gasteiger partial charge in [-0.05, 0) is 13.0 Å². The molecule has 76 valence electrons. The fraction of sp³-hybridized carbons (Fsp3) is 1.00. The van der Waals surface area contributed by atoms with Gasteiger partial charge in [-0.15, -0.1) is 0 Å². The van der Waals surface area contributed by atoms with Crippen molar-refractivity contribution in [2.24, 2.45) is 5.84 Å². The lowest BCUT2D eigenvalue weighted by atomic mass is 10.2. The molecular weight excluding hydrogens is 168 g/mol. The Kier molecular flexibility index (Phi) is 3.13. The van der Waals surface area contributed by atoms with Gasteiger partial charge in [0.25, 0.3) is 0 Å². The first kappa shape index (κ1) is 9.36. The molecule has 5 heteroatoms. The van der Waals surface area contributed by atoms with E-state index in [1.807, 2.05) is 5.01 Å². The van der Waals surface area contributed by atoms with Crippen molar-refractivity contribution in [1.29, 1.82) is 0 Å². The Hall–Kier alpha value is -0.200. The van der Waals surface area contributed by atoms with Crippen molar-refractivity contribution in [3.63, 3.8) is 0 Å². The quantitative estimate of drug-likeness (QED) is 0.502. The number of nitrogens with zero attached hydrogens (tertiary/aromatic N) is 2. The monoisotopic (exact) mass is 186 g/mol. The van der Waals surface area contributed by atoms with Crippen molar-refractivity contribution in [3.05, 3.63) is 0 Å². The van der Waals surface area contributed by atoms with Gasteiger partial charge in [-0.1, -0.05) is 0 Å². The lowest BCUT2D eigenvalue weighted by Gasteiger charge is -2.41. The maximum Gasteiger partial charge on any atom is 0.0783 e. The zero-order valence-electron chi connectivity index (χ0n) is 7.91. The first-order valence-electron chi connectivity index (χ1n) is 4.92. The smallest absolute Gasteiger partial charge is 0.0783 e. The summed E-state index contributed by atoms with van der Waals surface area (Å²) in [7, 11) is 0. The third-order valence-corrected chi connectivity index (χ3v) is 2.72.